The summed E-state index contributed by atoms with van der Waals surface area (Å²) in [7, 11) is 0. The minimum Gasteiger partial charge on any atom is -0.451 e. The predicted octanol–water partition coefficient (Wildman–Crippen LogP) is 3.47. The number of ether oxygens (including phenoxy) is 1. The third kappa shape index (κ3) is 6.60. The van der Waals surface area contributed by atoms with E-state index in [0.29, 0.717) is 0 Å². The van der Waals surface area contributed by atoms with Crippen LogP contribution in [0.1, 0.15) is 37.5 Å². The summed E-state index contributed by atoms with van der Waals surface area (Å²) < 4.78 is 5.12. The number of anilines is 1. The summed E-state index contributed by atoms with van der Waals surface area (Å²) in [4.78, 5) is 36.2. The summed E-state index contributed by atoms with van der Waals surface area (Å²) >= 11 is 0. The van der Waals surface area contributed by atoms with Gasteiger partial charge in [0.25, 0.3) is 5.91 Å². The van der Waals surface area contributed by atoms with E-state index in [2.05, 4.69) is 10.6 Å². The average molecular weight is 394 g/mol. The van der Waals surface area contributed by atoms with Crippen LogP contribution in [0.25, 0.3) is 6.08 Å². The Balaban J connectivity index is 2.07. The predicted molar refractivity (Wildman–Crippen MR) is 113 cm³/mol. The summed E-state index contributed by atoms with van der Waals surface area (Å²) in [6, 6.07) is 14.9. The van der Waals surface area contributed by atoms with Crippen molar-refractivity contribution in [2.45, 2.75) is 33.6 Å². The molecule has 0 aliphatic rings. The van der Waals surface area contributed by atoms with Gasteiger partial charge in [-0.25, -0.2) is 4.79 Å². The maximum atomic E-state index is 12.4. The van der Waals surface area contributed by atoms with Crippen LogP contribution < -0.4 is 10.6 Å². The number of benzene rings is 2. The molecule has 2 aromatic carbocycles. The van der Waals surface area contributed by atoms with Gasteiger partial charge in [0.15, 0.2) is 6.61 Å². The minimum atomic E-state index is -0.779. The molecule has 0 spiro atoms. The highest BCUT2D eigenvalue weighted by molar-refractivity contribution is 6.00. The molecule has 0 saturated heterocycles. The standard InChI is InChI=1S/C23H26N2O4/c1-4-18-12-9-13-19(5-2)22(18)25-21(27)15-29-23(28)20(24-16(3)26)14-17-10-7-6-8-11-17/h6-14H,4-5,15H2,1-3H3,(H,24,26)(H,25,27)/b20-14-. The summed E-state index contributed by atoms with van der Waals surface area (Å²) in [5.74, 6) is -1.62. The van der Waals surface area contributed by atoms with Crippen LogP contribution in [-0.2, 0) is 32.0 Å². The average Bonchev–Trinajstić information content (AvgIpc) is 2.72. The van der Waals surface area contributed by atoms with Crippen molar-refractivity contribution in [1.82, 2.24) is 5.32 Å². The second-order valence-corrected chi connectivity index (χ2v) is 6.43. The van der Waals surface area contributed by atoms with E-state index in [1.807, 2.05) is 50.2 Å². The molecule has 0 fully saturated rings. The molecular formula is C23H26N2O4. The van der Waals surface area contributed by atoms with Crippen molar-refractivity contribution >= 4 is 29.5 Å². The lowest BCUT2D eigenvalue weighted by atomic mass is 10.0. The van der Waals surface area contributed by atoms with Gasteiger partial charge in [0, 0.05) is 12.6 Å². The van der Waals surface area contributed by atoms with E-state index in [9.17, 15) is 14.4 Å². The molecule has 2 aromatic rings. The molecule has 0 bridgehead atoms. The van der Waals surface area contributed by atoms with Gasteiger partial charge >= 0.3 is 5.97 Å². The van der Waals surface area contributed by atoms with E-state index < -0.39 is 24.4 Å². The quantitative estimate of drug-likeness (QED) is 0.530. The SMILES string of the molecule is CCc1cccc(CC)c1NC(=O)COC(=O)/C(=C/c1ccccc1)NC(C)=O. The van der Waals surface area contributed by atoms with Crippen LogP contribution in [0.4, 0.5) is 5.69 Å². The van der Waals surface area contributed by atoms with E-state index >= 15 is 0 Å². The van der Waals surface area contributed by atoms with Gasteiger partial charge in [-0.2, -0.15) is 0 Å². The zero-order valence-corrected chi connectivity index (χ0v) is 17.0. The third-order valence-electron chi connectivity index (χ3n) is 4.24. The molecule has 0 aliphatic heterocycles. The molecule has 6 nitrogen and oxygen atoms in total. The third-order valence-corrected chi connectivity index (χ3v) is 4.24. The maximum Gasteiger partial charge on any atom is 0.355 e. The fourth-order valence-corrected chi connectivity index (χ4v) is 2.84. The van der Waals surface area contributed by atoms with Crippen LogP contribution in [0.2, 0.25) is 0 Å². The second-order valence-electron chi connectivity index (χ2n) is 6.43. The lowest BCUT2D eigenvalue weighted by Gasteiger charge is -2.15. The van der Waals surface area contributed by atoms with Gasteiger partial charge in [-0.15, -0.1) is 0 Å². The first-order valence-corrected chi connectivity index (χ1v) is 9.56. The summed E-state index contributed by atoms with van der Waals surface area (Å²) in [5, 5.41) is 5.30. The Kier molecular flexibility index (Phi) is 8.15. The van der Waals surface area contributed by atoms with E-state index in [1.54, 1.807) is 12.1 Å². The van der Waals surface area contributed by atoms with Crippen molar-refractivity contribution in [1.29, 1.82) is 0 Å². The van der Waals surface area contributed by atoms with Crippen molar-refractivity contribution in [3.63, 3.8) is 0 Å². The molecule has 0 radical (unpaired) electrons. The topological polar surface area (TPSA) is 84.5 Å². The van der Waals surface area contributed by atoms with Gasteiger partial charge in [-0.05, 0) is 35.6 Å². The summed E-state index contributed by atoms with van der Waals surface area (Å²) in [6.07, 6.45) is 3.05. The Labute approximate surface area is 171 Å². The lowest BCUT2D eigenvalue weighted by Crippen LogP contribution is -2.29. The van der Waals surface area contributed by atoms with Gasteiger partial charge in [-0.3, -0.25) is 9.59 Å². The number of carbonyl (C=O) groups excluding carboxylic acids is 3. The van der Waals surface area contributed by atoms with Crippen molar-refractivity contribution in [3.8, 4) is 0 Å². The van der Waals surface area contributed by atoms with E-state index in [1.165, 1.54) is 13.0 Å². The molecule has 6 heteroatoms. The van der Waals surface area contributed by atoms with Crippen LogP contribution in [0.15, 0.2) is 54.2 Å². The lowest BCUT2D eigenvalue weighted by molar-refractivity contribution is -0.144. The summed E-state index contributed by atoms with van der Waals surface area (Å²) in [5.41, 5.74) is 3.50. The van der Waals surface area contributed by atoms with E-state index in [-0.39, 0.29) is 5.70 Å². The van der Waals surface area contributed by atoms with Gasteiger partial charge in [0.05, 0.1) is 0 Å². The molecule has 152 valence electrons. The molecule has 0 heterocycles. The van der Waals surface area contributed by atoms with Crippen molar-refractivity contribution in [3.05, 3.63) is 70.9 Å². The van der Waals surface area contributed by atoms with Crippen LogP contribution in [0.3, 0.4) is 0 Å². The van der Waals surface area contributed by atoms with Crippen LogP contribution in [-0.4, -0.2) is 24.4 Å². The molecule has 2 N–H and O–H groups in total. The highest BCUT2D eigenvalue weighted by Crippen LogP contribution is 2.22. The van der Waals surface area contributed by atoms with Gasteiger partial charge in [0.1, 0.15) is 5.70 Å². The normalized spacial score (nSPS) is 10.9. The molecule has 0 unspecified atom stereocenters. The monoisotopic (exact) mass is 394 g/mol. The number of hydrogen-bond donors (Lipinski definition) is 2. The highest BCUT2D eigenvalue weighted by atomic mass is 16.5. The minimum absolute atomic E-state index is 0.0281. The smallest absolute Gasteiger partial charge is 0.355 e. The molecule has 0 atom stereocenters. The molecule has 0 aliphatic carbocycles. The largest absolute Gasteiger partial charge is 0.451 e. The number of hydrogen-bond acceptors (Lipinski definition) is 4. The maximum absolute atomic E-state index is 12.4. The first-order chi connectivity index (χ1) is 13.9. The second kappa shape index (κ2) is 10.8. The van der Waals surface area contributed by atoms with Crippen LogP contribution >= 0.6 is 0 Å². The highest BCUT2D eigenvalue weighted by Gasteiger charge is 2.16. The molecule has 2 amide bonds. The molecule has 0 aromatic heterocycles. The zero-order chi connectivity index (χ0) is 21.2. The fraction of sp³-hybridized carbons (Fsp3) is 0.261. The zero-order valence-electron chi connectivity index (χ0n) is 17.0. The first-order valence-electron chi connectivity index (χ1n) is 9.56. The van der Waals surface area contributed by atoms with Crippen molar-refractivity contribution in [2.24, 2.45) is 0 Å². The van der Waals surface area contributed by atoms with E-state index in [0.717, 1.165) is 35.2 Å². The number of para-hydroxylation sites is 1. The number of rotatable bonds is 8. The first kappa shape index (κ1) is 21.9. The van der Waals surface area contributed by atoms with Crippen LogP contribution in [0, 0.1) is 0 Å². The Hall–Kier alpha value is -3.41. The Bertz CT molecular complexity index is 882. The Morgan fingerprint density at radius 1 is 0.931 bits per heavy atom. The number of aryl methyl sites for hydroxylation is 2. The number of nitrogens with one attached hydrogen (secondary N) is 2. The molecule has 2 rings (SSSR count). The molecular weight excluding hydrogens is 368 g/mol. The molecule has 0 saturated carbocycles. The number of esters is 1. The van der Waals surface area contributed by atoms with E-state index in [4.69, 9.17) is 4.74 Å². The number of amides is 2. The fourth-order valence-electron chi connectivity index (χ4n) is 2.84. The van der Waals surface area contributed by atoms with Crippen molar-refractivity contribution < 1.29 is 19.1 Å². The summed E-state index contributed by atoms with van der Waals surface area (Å²) in [6.45, 7) is 4.87. The van der Waals surface area contributed by atoms with Crippen LogP contribution in [0.5, 0.6) is 0 Å². The Morgan fingerprint density at radius 3 is 2.10 bits per heavy atom. The molecule has 29 heavy (non-hydrogen) atoms. The van der Waals surface area contributed by atoms with Crippen molar-refractivity contribution in [2.75, 3.05) is 11.9 Å². The van der Waals surface area contributed by atoms with Gasteiger partial charge in [-0.1, -0.05) is 62.4 Å². The van der Waals surface area contributed by atoms with Gasteiger partial charge < -0.3 is 15.4 Å². The van der Waals surface area contributed by atoms with Gasteiger partial charge in [0.2, 0.25) is 5.91 Å². The number of carbonyl (C=O) groups is 3. The Morgan fingerprint density at radius 2 is 1.55 bits per heavy atom.